The topological polar surface area (TPSA) is 144 Å². The summed E-state index contributed by atoms with van der Waals surface area (Å²) in [5.74, 6) is -0.613. The number of amides is 3. The summed E-state index contributed by atoms with van der Waals surface area (Å²) in [4.78, 5) is 53.6. The Morgan fingerprint density at radius 2 is 1.74 bits per heavy atom. The lowest BCUT2D eigenvalue weighted by Crippen LogP contribution is -2.28. The van der Waals surface area contributed by atoms with Crippen molar-refractivity contribution in [2.75, 3.05) is 11.9 Å². The van der Waals surface area contributed by atoms with Crippen LogP contribution in [-0.4, -0.2) is 44.7 Å². The van der Waals surface area contributed by atoms with Crippen molar-refractivity contribution < 1.29 is 23.9 Å². The first kappa shape index (κ1) is 24.6. The SMILES string of the molecule is CC(=O)c1ccc(CNC(=O)c2cc(C(=O)NCc3ccc4c(c3)NC(=O)CO4)nc3ccnn23)cc1C. The highest BCUT2D eigenvalue weighted by atomic mass is 16.5. The number of anilines is 1. The molecule has 0 fully saturated rings. The molecule has 1 aliphatic heterocycles. The molecule has 4 aromatic rings. The number of rotatable bonds is 7. The number of nitrogens with one attached hydrogen (secondary N) is 3. The van der Waals surface area contributed by atoms with E-state index in [2.05, 4.69) is 26.0 Å². The van der Waals surface area contributed by atoms with Gasteiger partial charge in [0.15, 0.2) is 18.0 Å². The van der Waals surface area contributed by atoms with Crippen LogP contribution >= 0.6 is 0 Å². The second-order valence-corrected chi connectivity index (χ2v) is 8.87. The zero-order chi connectivity index (χ0) is 26.8. The van der Waals surface area contributed by atoms with E-state index in [-0.39, 0.29) is 42.8 Å². The average Bonchev–Trinajstić information content (AvgIpc) is 3.38. The number of fused-ring (bicyclic) bond motifs is 2. The summed E-state index contributed by atoms with van der Waals surface area (Å²) in [5.41, 5.74) is 4.13. The third-order valence-corrected chi connectivity index (χ3v) is 6.08. The molecule has 11 nitrogen and oxygen atoms in total. The lowest BCUT2D eigenvalue weighted by Gasteiger charge is -2.18. The first-order valence-electron chi connectivity index (χ1n) is 11.9. The van der Waals surface area contributed by atoms with Gasteiger partial charge in [-0.05, 0) is 42.7 Å². The predicted molar refractivity (Wildman–Crippen MR) is 137 cm³/mol. The van der Waals surface area contributed by atoms with Crippen molar-refractivity contribution in [3.8, 4) is 5.75 Å². The fourth-order valence-electron chi connectivity index (χ4n) is 4.21. The molecule has 0 saturated heterocycles. The Labute approximate surface area is 217 Å². The van der Waals surface area contributed by atoms with Crippen molar-refractivity contribution in [2.24, 2.45) is 0 Å². The van der Waals surface area contributed by atoms with Crippen molar-refractivity contribution in [3.05, 3.63) is 88.4 Å². The van der Waals surface area contributed by atoms with Gasteiger partial charge in [0, 0.05) is 30.8 Å². The molecule has 2 aromatic heterocycles. The fourth-order valence-corrected chi connectivity index (χ4v) is 4.21. The summed E-state index contributed by atoms with van der Waals surface area (Å²) in [6, 6.07) is 13.6. The van der Waals surface area contributed by atoms with Gasteiger partial charge in [-0.15, -0.1) is 0 Å². The molecule has 38 heavy (non-hydrogen) atoms. The number of nitrogens with zero attached hydrogens (tertiary/aromatic N) is 3. The Balaban J connectivity index is 1.30. The molecule has 5 rings (SSSR count). The second-order valence-electron chi connectivity index (χ2n) is 8.87. The Bertz CT molecular complexity index is 1610. The molecular formula is C27H24N6O5. The largest absolute Gasteiger partial charge is 0.482 e. The molecular weight excluding hydrogens is 488 g/mol. The number of ether oxygens (including phenoxy) is 1. The van der Waals surface area contributed by atoms with Gasteiger partial charge in [0.2, 0.25) is 0 Å². The molecule has 11 heteroatoms. The van der Waals surface area contributed by atoms with E-state index in [1.54, 1.807) is 36.4 Å². The number of Topliss-reactive ketones (excluding diaryl/α,β-unsaturated/α-hetero) is 1. The molecule has 3 amide bonds. The lowest BCUT2D eigenvalue weighted by atomic mass is 10.0. The Hall–Kier alpha value is -5.06. The van der Waals surface area contributed by atoms with E-state index < -0.39 is 11.8 Å². The maximum atomic E-state index is 13.1. The number of carbonyl (C=O) groups is 4. The van der Waals surface area contributed by atoms with Crippen molar-refractivity contribution in [1.29, 1.82) is 0 Å². The molecule has 0 radical (unpaired) electrons. The van der Waals surface area contributed by atoms with Crippen LogP contribution in [0.2, 0.25) is 0 Å². The van der Waals surface area contributed by atoms with Crippen molar-refractivity contribution >= 4 is 34.8 Å². The van der Waals surface area contributed by atoms with Crippen LogP contribution in [0.15, 0.2) is 54.7 Å². The summed E-state index contributed by atoms with van der Waals surface area (Å²) in [5, 5.41) is 12.5. The monoisotopic (exact) mass is 512 g/mol. The van der Waals surface area contributed by atoms with Crippen LogP contribution in [0.3, 0.4) is 0 Å². The summed E-state index contributed by atoms with van der Waals surface area (Å²) >= 11 is 0. The first-order valence-corrected chi connectivity index (χ1v) is 11.9. The van der Waals surface area contributed by atoms with Crippen LogP contribution < -0.4 is 20.7 Å². The maximum Gasteiger partial charge on any atom is 0.270 e. The smallest absolute Gasteiger partial charge is 0.270 e. The minimum atomic E-state index is -0.476. The van der Waals surface area contributed by atoms with Gasteiger partial charge in [-0.25, -0.2) is 9.50 Å². The number of hydrogen-bond donors (Lipinski definition) is 3. The van der Waals surface area contributed by atoms with Crippen LogP contribution in [0.4, 0.5) is 5.69 Å². The molecule has 0 unspecified atom stereocenters. The van der Waals surface area contributed by atoms with Crippen molar-refractivity contribution in [1.82, 2.24) is 25.2 Å². The summed E-state index contributed by atoms with van der Waals surface area (Å²) in [6.45, 7) is 3.72. The molecule has 192 valence electrons. The molecule has 0 saturated carbocycles. The number of carbonyl (C=O) groups excluding carboxylic acids is 4. The fraction of sp³-hybridized carbons (Fsp3) is 0.185. The van der Waals surface area contributed by atoms with Crippen LogP contribution in [-0.2, 0) is 17.9 Å². The predicted octanol–water partition coefficient (Wildman–Crippen LogP) is 2.43. The summed E-state index contributed by atoms with van der Waals surface area (Å²) in [7, 11) is 0. The minimum Gasteiger partial charge on any atom is -0.482 e. The third kappa shape index (κ3) is 5.07. The average molecular weight is 513 g/mol. The second kappa shape index (κ2) is 10.1. The van der Waals surface area contributed by atoms with E-state index in [0.717, 1.165) is 16.7 Å². The Kier molecular flexibility index (Phi) is 6.56. The van der Waals surface area contributed by atoms with Crippen LogP contribution in [0.1, 0.15) is 54.9 Å². The third-order valence-electron chi connectivity index (χ3n) is 6.08. The van der Waals surface area contributed by atoms with E-state index in [1.165, 1.54) is 23.7 Å². The zero-order valence-corrected chi connectivity index (χ0v) is 20.7. The molecule has 3 N–H and O–H groups in total. The summed E-state index contributed by atoms with van der Waals surface area (Å²) < 4.78 is 6.72. The molecule has 0 spiro atoms. The maximum absolute atomic E-state index is 13.1. The highest BCUT2D eigenvalue weighted by molar-refractivity contribution is 5.98. The standard InChI is InChI=1S/C27H24N6O5/c1-15-9-17(3-5-19(15)16(2)34)12-29-27(37)22-11-21(31-24-7-8-30-33(22)24)26(36)28-13-18-4-6-23-20(10-18)32-25(35)14-38-23/h3-11H,12-14H2,1-2H3,(H,28,36)(H,29,37)(H,32,35). The van der Waals surface area contributed by atoms with Gasteiger partial charge in [-0.1, -0.05) is 24.3 Å². The van der Waals surface area contributed by atoms with Gasteiger partial charge in [0.1, 0.15) is 17.1 Å². The highest BCUT2D eigenvalue weighted by Crippen LogP contribution is 2.28. The van der Waals surface area contributed by atoms with Crippen molar-refractivity contribution in [3.63, 3.8) is 0 Å². The number of aryl methyl sites for hydroxylation is 1. The van der Waals surface area contributed by atoms with E-state index in [0.29, 0.717) is 22.6 Å². The molecule has 3 heterocycles. The van der Waals surface area contributed by atoms with Crippen LogP contribution in [0.5, 0.6) is 5.75 Å². The number of ketones is 1. The van der Waals surface area contributed by atoms with Gasteiger partial charge in [-0.3, -0.25) is 19.2 Å². The minimum absolute atomic E-state index is 0.0193. The van der Waals surface area contributed by atoms with Gasteiger partial charge >= 0.3 is 0 Å². The van der Waals surface area contributed by atoms with Crippen LogP contribution in [0.25, 0.3) is 5.65 Å². The van der Waals surface area contributed by atoms with Crippen molar-refractivity contribution in [2.45, 2.75) is 26.9 Å². The van der Waals surface area contributed by atoms with E-state index >= 15 is 0 Å². The number of hydrogen-bond acceptors (Lipinski definition) is 7. The molecule has 0 aliphatic carbocycles. The number of benzene rings is 2. The van der Waals surface area contributed by atoms with Gasteiger partial charge in [0.05, 0.1) is 11.9 Å². The zero-order valence-electron chi connectivity index (χ0n) is 20.7. The highest BCUT2D eigenvalue weighted by Gasteiger charge is 2.19. The van der Waals surface area contributed by atoms with E-state index in [9.17, 15) is 19.2 Å². The van der Waals surface area contributed by atoms with E-state index in [4.69, 9.17) is 4.74 Å². The first-order chi connectivity index (χ1) is 18.3. The molecule has 1 aliphatic rings. The molecule has 0 atom stereocenters. The van der Waals surface area contributed by atoms with Gasteiger partial charge in [-0.2, -0.15) is 5.10 Å². The number of aromatic nitrogens is 3. The molecule has 0 bridgehead atoms. The lowest BCUT2D eigenvalue weighted by molar-refractivity contribution is -0.118. The summed E-state index contributed by atoms with van der Waals surface area (Å²) in [6.07, 6.45) is 1.49. The van der Waals surface area contributed by atoms with Gasteiger partial charge in [0.25, 0.3) is 17.7 Å². The Morgan fingerprint density at radius 3 is 2.50 bits per heavy atom. The quantitative estimate of drug-likeness (QED) is 0.323. The Morgan fingerprint density at radius 1 is 1.00 bits per heavy atom. The molecule has 2 aromatic carbocycles. The van der Waals surface area contributed by atoms with Crippen LogP contribution in [0, 0.1) is 6.92 Å². The van der Waals surface area contributed by atoms with E-state index in [1.807, 2.05) is 13.0 Å². The van der Waals surface area contributed by atoms with Gasteiger partial charge < -0.3 is 20.7 Å². The normalized spacial score (nSPS) is 12.3.